The Morgan fingerprint density at radius 2 is 1.60 bits per heavy atom. The van der Waals surface area contributed by atoms with Crippen molar-refractivity contribution in [3.8, 4) is 5.75 Å². The zero-order valence-electron chi connectivity index (χ0n) is 10.3. The monoisotopic (exact) mass is 280 g/mol. The van der Waals surface area contributed by atoms with Gasteiger partial charge in [-0.2, -0.15) is 0 Å². The van der Waals surface area contributed by atoms with Gasteiger partial charge in [-0.25, -0.2) is 13.2 Å². The van der Waals surface area contributed by atoms with E-state index < -0.39 is 29.7 Å². The minimum atomic E-state index is -0.984. The van der Waals surface area contributed by atoms with Crippen molar-refractivity contribution in [1.29, 1.82) is 0 Å². The summed E-state index contributed by atoms with van der Waals surface area (Å²) in [5.74, 6) is -1.39. The van der Waals surface area contributed by atoms with Gasteiger partial charge in [-0.05, 0) is 36.4 Å². The Morgan fingerprint density at radius 1 is 0.950 bits per heavy atom. The maximum Gasteiger partial charge on any atom is 0.130 e. The molecule has 0 spiro atoms. The standard InChI is InChI=1S/C15H11F3O2/c16-8-1-3-12(18)10(5-8)15-7-13(19)11-6-9(17)2-4-14(11)20-15/h1-6,13,15,19H,7H2/t13-,15?/m1/s1. The van der Waals surface area contributed by atoms with Gasteiger partial charge in [0.25, 0.3) is 0 Å². The zero-order chi connectivity index (χ0) is 14.3. The zero-order valence-corrected chi connectivity index (χ0v) is 10.3. The fourth-order valence-electron chi connectivity index (χ4n) is 2.37. The number of rotatable bonds is 1. The summed E-state index contributed by atoms with van der Waals surface area (Å²) < 4.78 is 45.6. The second kappa shape index (κ2) is 4.83. The first kappa shape index (κ1) is 13.0. The summed E-state index contributed by atoms with van der Waals surface area (Å²) in [5.41, 5.74) is 0.358. The Labute approximate surface area is 113 Å². The van der Waals surface area contributed by atoms with Crippen molar-refractivity contribution in [2.45, 2.75) is 18.6 Å². The van der Waals surface area contributed by atoms with Gasteiger partial charge in [-0.3, -0.25) is 0 Å². The summed E-state index contributed by atoms with van der Waals surface area (Å²) in [4.78, 5) is 0. The van der Waals surface area contributed by atoms with Gasteiger partial charge in [0.15, 0.2) is 0 Å². The van der Waals surface area contributed by atoms with E-state index >= 15 is 0 Å². The third-order valence-corrected chi connectivity index (χ3v) is 3.34. The van der Waals surface area contributed by atoms with Gasteiger partial charge in [-0.15, -0.1) is 0 Å². The Balaban J connectivity index is 1.99. The van der Waals surface area contributed by atoms with E-state index in [9.17, 15) is 18.3 Å². The minimum Gasteiger partial charge on any atom is -0.485 e. The highest BCUT2D eigenvalue weighted by Crippen LogP contribution is 2.41. The van der Waals surface area contributed by atoms with E-state index in [1.54, 1.807) is 0 Å². The Morgan fingerprint density at radius 3 is 2.35 bits per heavy atom. The molecule has 1 aliphatic heterocycles. The van der Waals surface area contributed by atoms with Gasteiger partial charge < -0.3 is 9.84 Å². The number of hydrogen-bond acceptors (Lipinski definition) is 2. The topological polar surface area (TPSA) is 29.5 Å². The first-order valence-electron chi connectivity index (χ1n) is 6.13. The molecule has 0 aromatic heterocycles. The molecule has 0 bridgehead atoms. The molecule has 0 fully saturated rings. The van der Waals surface area contributed by atoms with Gasteiger partial charge in [0.1, 0.15) is 29.3 Å². The lowest BCUT2D eigenvalue weighted by Gasteiger charge is -2.30. The molecule has 0 amide bonds. The normalized spacial score (nSPS) is 21.2. The molecule has 104 valence electrons. The Kier molecular flexibility index (Phi) is 3.14. The first-order valence-corrected chi connectivity index (χ1v) is 6.13. The molecule has 2 aromatic rings. The van der Waals surface area contributed by atoms with E-state index in [4.69, 9.17) is 4.74 Å². The van der Waals surface area contributed by atoms with Crippen LogP contribution in [0.25, 0.3) is 0 Å². The molecule has 2 nitrogen and oxygen atoms in total. The molecule has 5 heteroatoms. The molecule has 20 heavy (non-hydrogen) atoms. The molecule has 0 aliphatic carbocycles. The lowest BCUT2D eigenvalue weighted by molar-refractivity contribution is 0.0634. The van der Waals surface area contributed by atoms with Gasteiger partial charge in [0.2, 0.25) is 0 Å². The van der Waals surface area contributed by atoms with E-state index in [1.807, 2.05) is 0 Å². The molecule has 0 radical (unpaired) electrons. The highest BCUT2D eigenvalue weighted by Gasteiger charge is 2.30. The lowest BCUT2D eigenvalue weighted by atomic mass is 9.94. The molecule has 3 rings (SSSR count). The largest absolute Gasteiger partial charge is 0.485 e. The number of benzene rings is 2. The third kappa shape index (κ3) is 2.25. The number of aliphatic hydroxyl groups excluding tert-OH is 1. The summed E-state index contributed by atoms with van der Waals surface area (Å²) in [7, 11) is 0. The smallest absolute Gasteiger partial charge is 0.130 e. The molecule has 2 atom stereocenters. The summed E-state index contributed by atoms with van der Waals surface area (Å²) in [6, 6.07) is 6.81. The molecule has 2 aromatic carbocycles. The van der Waals surface area contributed by atoms with E-state index in [0.29, 0.717) is 5.56 Å². The SMILES string of the molecule is O[C@@H]1CC(c2cc(F)ccc2F)Oc2ccc(F)cc21. The number of hydrogen-bond donors (Lipinski definition) is 1. The quantitative estimate of drug-likeness (QED) is 0.863. The molecule has 1 unspecified atom stereocenters. The van der Waals surface area contributed by atoms with Crippen molar-refractivity contribution in [2.24, 2.45) is 0 Å². The molecule has 1 N–H and O–H groups in total. The van der Waals surface area contributed by atoms with Crippen LogP contribution in [-0.2, 0) is 0 Å². The maximum atomic E-state index is 13.7. The number of halogens is 3. The second-order valence-electron chi connectivity index (χ2n) is 4.71. The average Bonchev–Trinajstić information content (AvgIpc) is 2.42. The number of fused-ring (bicyclic) bond motifs is 1. The summed E-state index contributed by atoms with van der Waals surface area (Å²) in [6.45, 7) is 0. The van der Waals surface area contributed by atoms with Crippen LogP contribution in [0.2, 0.25) is 0 Å². The van der Waals surface area contributed by atoms with Crippen molar-refractivity contribution in [3.63, 3.8) is 0 Å². The molecular formula is C15H11F3O2. The number of aliphatic hydroxyl groups is 1. The van der Waals surface area contributed by atoms with Crippen LogP contribution in [0.1, 0.15) is 29.8 Å². The van der Waals surface area contributed by atoms with E-state index in [1.165, 1.54) is 18.2 Å². The minimum absolute atomic E-state index is 0.0385. The highest BCUT2D eigenvalue weighted by atomic mass is 19.1. The van der Waals surface area contributed by atoms with Crippen molar-refractivity contribution in [2.75, 3.05) is 0 Å². The van der Waals surface area contributed by atoms with Crippen molar-refractivity contribution >= 4 is 0 Å². The van der Waals surface area contributed by atoms with E-state index in [-0.39, 0.29) is 17.7 Å². The van der Waals surface area contributed by atoms with E-state index in [2.05, 4.69) is 0 Å². The van der Waals surface area contributed by atoms with Gasteiger partial charge in [0.05, 0.1) is 6.10 Å². The van der Waals surface area contributed by atoms with Crippen molar-refractivity contribution in [3.05, 3.63) is 65.0 Å². The van der Waals surface area contributed by atoms with Crippen LogP contribution in [0, 0.1) is 17.5 Å². The number of ether oxygens (including phenoxy) is 1. The van der Waals surface area contributed by atoms with Crippen LogP contribution in [-0.4, -0.2) is 5.11 Å². The van der Waals surface area contributed by atoms with Crippen LogP contribution < -0.4 is 4.74 Å². The van der Waals surface area contributed by atoms with E-state index in [0.717, 1.165) is 18.2 Å². The van der Waals surface area contributed by atoms with Crippen LogP contribution in [0.5, 0.6) is 5.75 Å². The van der Waals surface area contributed by atoms with Gasteiger partial charge in [0, 0.05) is 17.5 Å². The molecule has 1 aliphatic rings. The maximum absolute atomic E-state index is 13.7. The average molecular weight is 280 g/mol. The fourth-order valence-corrected chi connectivity index (χ4v) is 2.37. The van der Waals surface area contributed by atoms with Gasteiger partial charge >= 0.3 is 0 Å². The predicted octanol–water partition coefficient (Wildman–Crippen LogP) is 3.66. The second-order valence-corrected chi connectivity index (χ2v) is 4.71. The first-order chi connectivity index (χ1) is 9.54. The van der Waals surface area contributed by atoms with Gasteiger partial charge in [-0.1, -0.05) is 0 Å². The molecule has 0 saturated heterocycles. The predicted molar refractivity (Wildman–Crippen MR) is 65.7 cm³/mol. The Hall–Kier alpha value is -2.01. The van der Waals surface area contributed by atoms with Crippen LogP contribution >= 0.6 is 0 Å². The van der Waals surface area contributed by atoms with Crippen molar-refractivity contribution < 1.29 is 23.0 Å². The summed E-state index contributed by atoms with van der Waals surface area (Å²) in [6.07, 6.45) is -1.75. The van der Waals surface area contributed by atoms with Crippen LogP contribution in [0.4, 0.5) is 13.2 Å². The highest BCUT2D eigenvalue weighted by molar-refractivity contribution is 5.39. The molecule has 1 heterocycles. The van der Waals surface area contributed by atoms with Crippen LogP contribution in [0.15, 0.2) is 36.4 Å². The molecular weight excluding hydrogens is 269 g/mol. The third-order valence-electron chi connectivity index (χ3n) is 3.34. The summed E-state index contributed by atoms with van der Waals surface area (Å²) in [5, 5.41) is 10.0. The molecule has 0 saturated carbocycles. The Bertz CT molecular complexity index is 658. The van der Waals surface area contributed by atoms with Crippen LogP contribution in [0.3, 0.4) is 0 Å². The fraction of sp³-hybridized carbons (Fsp3) is 0.200. The summed E-state index contributed by atoms with van der Waals surface area (Å²) >= 11 is 0. The lowest BCUT2D eigenvalue weighted by Crippen LogP contribution is -2.20. The van der Waals surface area contributed by atoms with Crippen molar-refractivity contribution in [1.82, 2.24) is 0 Å².